The monoisotopic (exact) mass is 496 g/mol. The van der Waals surface area contributed by atoms with Crippen molar-refractivity contribution in [3.63, 3.8) is 0 Å². The lowest BCUT2D eigenvalue weighted by Crippen LogP contribution is -2.47. The first-order chi connectivity index (χ1) is 16.9. The minimum Gasteiger partial charge on any atom is -0.485 e. The van der Waals surface area contributed by atoms with Crippen LogP contribution in [-0.4, -0.2) is 34.3 Å². The normalized spacial score (nSPS) is 21.3. The lowest BCUT2D eigenvalue weighted by molar-refractivity contribution is 0.0972. The smallest absolute Gasteiger partial charge is 0.270 e. The van der Waals surface area contributed by atoms with Crippen LogP contribution >= 0.6 is 11.8 Å². The molecule has 2 atom stereocenters. The fourth-order valence-corrected chi connectivity index (χ4v) is 5.08. The molecule has 0 bridgehead atoms. The molecule has 0 saturated carbocycles. The van der Waals surface area contributed by atoms with Gasteiger partial charge >= 0.3 is 0 Å². The molecule has 5 rings (SSSR count). The number of nitrogens with zero attached hydrogens (tertiary/aromatic N) is 2. The van der Waals surface area contributed by atoms with Crippen molar-refractivity contribution in [3.05, 3.63) is 95.2 Å². The van der Waals surface area contributed by atoms with Crippen molar-refractivity contribution in [1.82, 2.24) is 10.3 Å². The van der Waals surface area contributed by atoms with E-state index in [1.54, 1.807) is 36.4 Å². The van der Waals surface area contributed by atoms with E-state index in [1.807, 2.05) is 0 Å². The molecule has 178 valence electrons. The Bertz CT molecular complexity index is 1370. The fraction of sp³-hybridized carbons (Fsp3) is 0.167. The Labute approximate surface area is 202 Å². The highest BCUT2D eigenvalue weighted by atomic mass is 32.2. The van der Waals surface area contributed by atoms with Crippen LogP contribution in [0.2, 0.25) is 0 Å². The summed E-state index contributed by atoms with van der Waals surface area (Å²) in [6.45, 7) is -0.147. The molecule has 0 fully saturated rings. The van der Waals surface area contributed by atoms with Crippen molar-refractivity contribution in [2.24, 2.45) is 16.6 Å². The Hall–Kier alpha value is -3.99. The number of nitrogens with two attached hydrogens (primary N) is 1. The van der Waals surface area contributed by atoms with Crippen LogP contribution in [0, 0.1) is 17.6 Å². The zero-order valence-electron chi connectivity index (χ0n) is 18.0. The zero-order chi connectivity index (χ0) is 24.6. The van der Waals surface area contributed by atoms with Crippen molar-refractivity contribution in [1.29, 1.82) is 0 Å². The average molecular weight is 496 g/mol. The lowest BCUT2D eigenvalue weighted by atomic mass is 9.77. The third kappa shape index (κ3) is 4.30. The van der Waals surface area contributed by atoms with Crippen LogP contribution in [0.1, 0.15) is 32.3 Å². The summed E-state index contributed by atoms with van der Waals surface area (Å²) in [6.07, 6.45) is 2.80. The molecule has 8 nitrogen and oxygen atoms in total. The standard InChI is InChI=1S/C24H18F2N4O4S/c25-15-6-7-16(17(26)9-15)24-12-34-19(22-28-18(10-33-22)20(27)31)8-14(24)11-35-23(30-24)29-21(32)13-4-2-1-3-5-13/h1-10,14H,11-12H2,(H2,27,31)(H,29,30,32)/t14-,24-/m0/s1. The number of aliphatic imine (C=N–C) groups is 1. The molecule has 0 spiro atoms. The number of halogens is 2. The van der Waals surface area contributed by atoms with Gasteiger partial charge in [0.1, 0.15) is 30.0 Å². The number of oxazole rings is 1. The summed E-state index contributed by atoms with van der Waals surface area (Å²) in [5.74, 6) is -2.38. The highest BCUT2D eigenvalue weighted by Crippen LogP contribution is 2.46. The maximum Gasteiger partial charge on any atom is 0.270 e. The number of carbonyl (C=O) groups is 2. The van der Waals surface area contributed by atoms with Gasteiger partial charge in [0.25, 0.3) is 17.7 Å². The van der Waals surface area contributed by atoms with Crippen molar-refractivity contribution in [2.75, 3.05) is 12.4 Å². The van der Waals surface area contributed by atoms with E-state index < -0.39 is 29.0 Å². The molecule has 2 aliphatic heterocycles. The number of amidine groups is 1. The van der Waals surface area contributed by atoms with Gasteiger partial charge in [-0.3, -0.25) is 9.59 Å². The van der Waals surface area contributed by atoms with E-state index in [-0.39, 0.29) is 40.6 Å². The SMILES string of the molecule is NC(=O)c1coc(C2=C[C@H]3CSC(NC(=O)c4ccccc4)=N[C@@]3(c3ccc(F)cc3F)CO2)n1. The van der Waals surface area contributed by atoms with Crippen molar-refractivity contribution in [3.8, 4) is 0 Å². The summed E-state index contributed by atoms with van der Waals surface area (Å²) < 4.78 is 39.9. The van der Waals surface area contributed by atoms with Gasteiger partial charge in [-0.2, -0.15) is 0 Å². The highest BCUT2D eigenvalue weighted by molar-refractivity contribution is 8.13. The Morgan fingerprint density at radius 1 is 1.17 bits per heavy atom. The van der Waals surface area contributed by atoms with Crippen molar-refractivity contribution >= 4 is 34.5 Å². The van der Waals surface area contributed by atoms with E-state index in [9.17, 15) is 14.0 Å². The Morgan fingerprint density at radius 3 is 2.69 bits per heavy atom. The molecule has 3 aromatic rings. The molecule has 3 heterocycles. The van der Waals surface area contributed by atoms with E-state index in [0.29, 0.717) is 11.3 Å². The number of benzene rings is 2. The Kier molecular flexibility index (Phi) is 5.85. The molecule has 0 saturated heterocycles. The second kappa shape index (κ2) is 8.99. The number of amides is 2. The number of aromatic nitrogens is 1. The number of nitrogens with one attached hydrogen (secondary N) is 1. The Balaban J connectivity index is 1.54. The van der Waals surface area contributed by atoms with E-state index in [0.717, 1.165) is 18.4 Å². The van der Waals surface area contributed by atoms with E-state index >= 15 is 4.39 Å². The molecular weight excluding hydrogens is 478 g/mol. The number of ether oxygens (including phenoxy) is 1. The molecule has 1 aromatic heterocycles. The minimum atomic E-state index is -1.29. The molecule has 2 aliphatic rings. The van der Waals surface area contributed by atoms with Crippen LogP contribution in [0.5, 0.6) is 0 Å². The highest BCUT2D eigenvalue weighted by Gasteiger charge is 2.48. The number of thioether (sulfide) groups is 1. The first kappa shape index (κ1) is 22.8. The Morgan fingerprint density at radius 2 is 1.97 bits per heavy atom. The van der Waals surface area contributed by atoms with Gasteiger partial charge in [-0.1, -0.05) is 36.0 Å². The minimum absolute atomic E-state index is 0.0455. The number of rotatable bonds is 4. The molecule has 0 unspecified atom stereocenters. The molecular formula is C24H18F2N4O4S. The van der Waals surface area contributed by atoms with Crippen LogP contribution in [0.15, 0.2) is 70.3 Å². The third-order valence-electron chi connectivity index (χ3n) is 5.74. The van der Waals surface area contributed by atoms with Gasteiger partial charge in [0.15, 0.2) is 16.6 Å². The van der Waals surface area contributed by atoms with Gasteiger partial charge in [-0.05, 0) is 24.3 Å². The molecule has 2 amide bonds. The van der Waals surface area contributed by atoms with Gasteiger partial charge in [0, 0.05) is 28.9 Å². The van der Waals surface area contributed by atoms with E-state index in [4.69, 9.17) is 19.9 Å². The number of hydrogen-bond donors (Lipinski definition) is 2. The van der Waals surface area contributed by atoms with Gasteiger partial charge in [-0.25, -0.2) is 18.8 Å². The summed E-state index contributed by atoms with van der Waals surface area (Å²) in [7, 11) is 0. The summed E-state index contributed by atoms with van der Waals surface area (Å²) in [4.78, 5) is 32.8. The predicted molar refractivity (Wildman–Crippen MR) is 124 cm³/mol. The van der Waals surface area contributed by atoms with Crippen LogP contribution in [0.3, 0.4) is 0 Å². The summed E-state index contributed by atoms with van der Waals surface area (Å²) in [5, 5.41) is 3.06. The van der Waals surface area contributed by atoms with Gasteiger partial charge in [-0.15, -0.1) is 0 Å². The summed E-state index contributed by atoms with van der Waals surface area (Å²) >= 11 is 1.28. The molecule has 3 N–H and O–H groups in total. The number of primary amides is 1. The maximum atomic E-state index is 15.0. The first-order valence-electron chi connectivity index (χ1n) is 10.5. The van der Waals surface area contributed by atoms with E-state index in [1.165, 1.54) is 17.8 Å². The first-order valence-corrected chi connectivity index (χ1v) is 11.5. The van der Waals surface area contributed by atoms with Crippen LogP contribution in [-0.2, 0) is 10.3 Å². The predicted octanol–water partition coefficient (Wildman–Crippen LogP) is 3.47. The van der Waals surface area contributed by atoms with Gasteiger partial charge in [0.05, 0.1) is 0 Å². The average Bonchev–Trinajstić information content (AvgIpc) is 3.35. The van der Waals surface area contributed by atoms with Crippen molar-refractivity contribution in [2.45, 2.75) is 5.54 Å². The van der Waals surface area contributed by atoms with Crippen LogP contribution in [0.4, 0.5) is 8.78 Å². The molecule has 0 radical (unpaired) electrons. The quantitative estimate of drug-likeness (QED) is 0.571. The van der Waals surface area contributed by atoms with E-state index in [2.05, 4.69) is 10.3 Å². The molecule has 0 aliphatic carbocycles. The van der Waals surface area contributed by atoms with Crippen LogP contribution < -0.4 is 11.1 Å². The molecule has 2 aromatic carbocycles. The topological polar surface area (TPSA) is 120 Å². The number of carbonyl (C=O) groups excluding carboxylic acids is 2. The summed E-state index contributed by atoms with van der Waals surface area (Å²) in [6, 6.07) is 11.9. The van der Waals surface area contributed by atoms with Crippen molar-refractivity contribution < 1.29 is 27.5 Å². The second-order valence-corrected chi connectivity index (χ2v) is 8.93. The summed E-state index contributed by atoms with van der Waals surface area (Å²) in [5.41, 5.74) is 4.45. The zero-order valence-corrected chi connectivity index (χ0v) is 18.9. The maximum absolute atomic E-state index is 15.0. The largest absolute Gasteiger partial charge is 0.485 e. The lowest BCUT2D eigenvalue weighted by Gasteiger charge is -2.42. The van der Waals surface area contributed by atoms with Gasteiger partial charge < -0.3 is 20.2 Å². The number of hydrogen-bond acceptors (Lipinski definition) is 7. The fourth-order valence-electron chi connectivity index (χ4n) is 3.98. The second-order valence-electron chi connectivity index (χ2n) is 7.92. The third-order valence-corrected chi connectivity index (χ3v) is 6.73. The van der Waals surface area contributed by atoms with Gasteiger partial charge in [0.2, 0.25) is 0 Å². The molecule has 35 heavy (non-hydrogen) atoms. The molecule has 11 heteroatoms. The number of fused-ring (bicyclic) bond motifs is 1. The van der Waals surface area contributed by atoms with Crippen LogP contribution in [0.25, 0.3) is 5.76 Å².